The van der Waals surface area contributed by atoms with Gasteiger partial charge in [0.25, 0.3) is 0 Å². The van der Waals surface area contributed by atoms with Crippen molar-refractivity contribution in [3.05, 3.63) is 156 Å². The second-order valence-electron chi connectivity index (χ2n) is 23.3. The Morgan fingerprint density at radius 2 is 1.35 bits per heavy atom. The van der Waals surface area contributed by atoms with Crippen molar-refractivity contribution in [3.8, 4) is 57.1 Å². The molecule has 2 aliphatic heterocycles. The van der Waals surface area contributed by atoms with Crippen LogP contribution in [0.1, 0.15) is 107 Å². The fourth-order valence-electron chi connectivity index (χ4n) is 10.3. The average Bonchev–Trinajstić information content (AvgIpc) is 0.787. The number of hydrogen-bond donors (Lipinski definition) is 10. The summed E-state index contributed by atoms with van der Waals surface area (Å²) in [6, 6.07) is 14.8. The average molecular weight is 1460 g/mol. The Hall–Kier alpha value is -8.70. The minimum atomic E-state index is -2.16. The maximum atomic E-state index is 16.0. The highest BCUT2D eigenvalue weighted by molar-refractivity contribution is 9.10. The van der Waals surface area contributed by atoms with Gasteiger partial charge < -0.3 is 71.4 Å². The largest absolute Gasteiger partial charge is 0.508 e. The molecule has 0 radical (unpaired) electrons. The fraction of sp³-hybridized carbons (Fsp3) is 0.313. The number of anilines is 1. The highest BCUT2D eigenvalue weighted by atomic mass is 79.9. The quantitative estimate of drug-likeness (QED) is 0.0231. The number of nitrogens with zero attached hydrogens (tertiary/aromatic N) is 1. The first kappa shape index (κ1) is 73.7. The number of benzene rings is 6. The first-order valence-electron chi connectivity index (χ1n) is 29.7. The zero-order valence-corrected chi connectivity index (χ0v) is 58.5. The summed E-state index contributed by atoms with van der Waals surface area (Å²) >= 11 is 29.6. The number of ether oxygens (including phenoxy) is 3. The standard InChI is InChI=1S/C67H70BrCl4N7O15Si/c1-10-95(11-2,12-3)25-13-14-49(74-66(91)94-67(5,6)7)60(85)75-54(39-28-45(69)58(83)46(70)29-39)62(87)76-53-38-27-43(37-19-24-44(68)50(32-37)73-34(4)80)57(82)52(33-38)93-42-22-15-35(16-23-42)26-51(61(86)78-56(65(90)92-9)36-17-20-41(81)21-18-36)79(8)64(89)55(77-63(53)88)40-30-47(71)59(84)48(72)31-40/h15-24,27-33,49,51,53-56,81-84H,10-12,14,26H2,1-9H3,(H,73,80)(H,74,91)(H,75,85)(H,76,87)(H,77,88)(H,78,86)/t49-,51-,53+,54+,55+,56+/m0/s1. The van der Waals surface area contributed by atoms with E-state index in [1.807, 2.05) is 20.8 Å². The van der Waals surface area contributed by atoms with Crippen molar-refractivity contribution in [1.82, 2.24) is 31.5 Å². The first-order chi connectivity index (χ1) is 44.8. The molecule has 0 spiro atoms. The second kappa shape index (κ2) is 31.7. The number of carbonyl (C=O) groups excluding carboxylic acids is 8. The van der Waals surface area contributed by atoms with E-state index >= 15 is 14.4 Å². The van der Waals surface area contributed by atoms with E-state index in [0.717, 1.165) is 54.4 Å². The van der Waals surface area contributed by atoms with Crippen molar-refractivity contribution >= 4 is 124 Å². The van der Waals surface area contributed by atoms with Crippen LogP contribution in [0.15, 0.2) is 108 Å². The predicted octanol–water partition coefficient (Wildman–Crippen LogP) is 11.9. The zero-order valence-electron chi connectivity index (χ0n) is 52.9. The van der Waals surface area contributed by atoms with Crippen molar-refractivity contribution in [2.24, 2.45) is 0 Å². The van der Waals surface area contributed by atoms with Crippen molar-refractivity contribution in [2.75, 3.05) is 19.5 Å². The normalized spacial score (nSPS) is 15.9. The monoisotopic (exact) mass is 1460 g/mol. The van der Waals surface area contributed by atoms with Gasteiger partial charge >= 0.3 is 12.1 Å². The molecule has 0 aliphatic carbocycles. The Balaban J connectivity index is 1.47. The van der Waals surface area contributed by atoms with Crippen LogP contribution in [-0.2, 0) is 49.5 Å². The number of aromatic hydroxyl groups is 4. The summed E-state index contributed by atoms with van der Waals surface area (Å²) in [4.78, 5) is 118. The Morgan fingerprint density at radius 3 is 1.92 bits per heavy atom. The molecule has 0 saturated heterocycles. The van der Waals surface area contributed by atoms with E-state index in [9.17, 15) is 44.4 Å². The van der Waals surface area contributed by atoms with E-state index in [1.165, 1.54) is 68.6 Å². The molecule has 0 unspecified atom stereocenters. The molecular formula is C67H70BrCl4N7O15Si. The molecule has 502 valence electrons. The van der Waals surface area contributed by atoms with E-state index in [-0.39, 0.29) is 79.2 Å². The minimum Gasteiger partial charge on any atom is -0.508 e. The van der Waals surface area contributed by atoms with Crippen LogP contribution in [0, 0.1) is 11.5 Å². The van der Waals surface area contributed by atoms with Gasteiger partial charge in [-0.1, -0.05) is 97.5 Å². The molecule has 2 aliphatic rings. The lowest BCUT2D eigenvalue weighted by Crippen LogP contribution is -2.54. The van der Waals surface area contributed by atoms with Gasteiger partial charge in [-0.15, -0.1) is 11.5 Å². The van der Waals surface area contributed by atoms with Gasteiger partial charge in [0.05, 0.1) is 32.9 Å². The number of likely N-dealkylation sites (N-methyl/N-ethyl adjacent to an activating group) is 1. The molecule has 28 heteroatoms. The number of amides is 7. The highest BCUT2D eigenvalue weighted by Crippen LogP contribution is 2.45. The number of esters is 1. The zero-order chi connectivity index (χ0) is 70.0. The van der Waals surface area contributed by atoms with Crippen LogP contribution in [0.4, 0.5) is 10.5 Å². The summed E-state index contributed by atoms with van der Waals surface area (Å²) in [7, 11) is 0.175. The molecule has 0 fully saturated rings. The van der Waals surface area contributed by atoms with Crippen LogP contribution in [0.25, 0.3) is 11.1 Å². The van der Waals surface area contributed by atoms with Gasteiger partial charge in [0.2, 0.25) is 35.4 Å². The third kappa shape index (κ3) is 18.4. The van der Waals surface area contributed by atoms with Crippen LogP contribution < -0.4 is 36.6 Å². The van der Waals surface area contributed by atoms with Crippen molar-refractivity contribution in [1.29, 1.82) is 0 Å². The molecule has 6 aromatic rings. The van der Waals surface area contributed by atoms with Gasteiger partial charge in [-0.05, 0) is 161 Å². The van der Waals surface area contributed by atoms with E-state index in [0.29, 0.717) is 10.0 Å². The molecule has 6 atom stereocenters. The highest BCUT2D eigenvalue weighted by Gasteiger charge is 2.40. The number of methoxy groups -OCH3 is 1. The van der Waals surface area contributed by atoms with E-state index < -0.39 is 125 Å². The number of fused-ring (bicyclic) bond motifs is 9. The van der Waals surface area contributed by atoms with Gasteiger partial charge in [0, 0.05) is 36.8 Å². The van der Waals surface area contributed by atoms with E-state index in [4.69, 9.17) is 60.6 Å². The van der Waals surface area contributed by atoms with Crippen molar-refractivity contribution < 1.29 is 73.0 Å². The molecule has 8 rings (SSSR count). The summed E-state index contributed by atoms with van der Waals surface area (Å²) in [5.41, 5.74) is 2.80. The number of phenolic OH excluding ortho intramolecular Hbond substituents is 4. The lowest BCUT2D eigenvalue weighted by molar-refractivity contribution is -0.147. The third-order valence-electron chi connectivity index (χ3n) is 15.7. The van der Waals surface area contributed by atoms with Crippen LogP contribution >= 0.6 is 62.3 Å². The Bertz CT molecular complexity index is 3960. The number of carbonyl (C=O) groups is 8. The second-order valence-corrected chi connectivity index (χ2v) is 30.7. The maximum absolute atomic E-state index is 16.0. The first-order valence-corrected chi connectivity index (χ1v) is 34.6. The van der Waals surface area contributed by atoms with Gasteiger partial charge in [0.1, 0.15) is 55.4 Å². The van der Waals surface area contributed by atoms with Gasteiger partial charge in [-0.3, -0.25) is 28.8 Å². The van der Waals surface area contributed by atoms with E-state index in [1.54, 1.807) is 45.0 Å². The number of hydrogen-bond acceptors (Lipinski definition) is 15. The Labute approximate surface area is 577 Å². The smallest absolute Gasteiger partial charge is 0.408 e. The molecule has 4 bridgehead atoms. The van der Waals surface area contributed by atoms with E-state index in [2.05, 4.69) is 59.3 Å². The number of nitrogens with one attached hydrogen (secondary N) is 6. The SMILES string of the molecule is CC[Si](C#CC[C@H](NC(=O)OC(C)(C)C)C(=O)N[C@@H](C(=O)N[C@H]1C(=O)N[C@H](c2cc(Cl)c(O)c(Cl)c2)C(=O)N(C)[C@H](C(=O)N[C@@H](C(=O)OC)c2ccc(O)cc2)Cc2ccc(cc2)Oc2cc1cc(-c1ccc(Br)c(NC(C)=O)c1)c2O)c1cc(Cl)c(O)c(Cl)c1)(CC)CC. The molecule has 7 amide bonds. The topological polar surface area (TPSA) is 321 Å². The summed E-state index contributed by atoms with van der Waals surface area (Å²) in [5, 5.41) is 58.6. The molecule has 0 saturated carbocycles. The van der Waals surface area contributed by atoms with Gasteiger partial charge in [0.15, 0.2) is 29.0 Å². The van der Waals surface area contributed by atoms with Crippen LogP contribution in [0.3, 0.4) is 0 Å². The maximum Gasteiger partial charge on any atom is 0.408 e. The van der Waals surface area contributed by atoms with Gasteiger partial charge in [-0.2, -0.15) is 0 Å². The van der Waals surface area contributed by atoms with Crippen LogP contribution in [0.5, 0.6) is 34.5 Å². The van der Waals surface area contributed by atoms with Crippen molar-refractivity contribution in [3.63, 3.8) is 0 Å². The number of rotatable bonds is 17. The lowest BCUT2D eigenvalue weighted by Gasteiger charge is -2.33. The van der Waals surface area contributed by atoms with Crippen LogP contribution in [0.2, 0.25) is 38.2 Å². The molecule has 22 nitrogen and oxygen atoms in total. The molecule has 6 aromatic carbocycles. The molecule has 2 heterocycles. The number of halogens is 5. The van der Waals surface area contributed by atoms with Gasteiger partial charge in [-0.25, -0.2) is 9.59 Å². The lowest BCUT2D eigenvalue weighted by atomic mass is 9.95. The number of phenols is 4. The molecule has 95 heavy (non-hydrogen) atoms. The molecule has 0 aromatic heterocycles. The van der Waals surface area contributed by atoms with Crippen molar-refractivity contribution in [2.45, 2.75) is 121 Å². The predicted molar refractivity (Wildman–Crippen MR) is 365 cm³/mol. The molecular weight excluding hydrogens is 1390 g/mol. The summed E-state index contributed by atoms with van der Waals surface area (Å²) in [5.74, 6) is -5.86. The summed E-state index contributed by atoms with van der Waals surface area (Å²) < 4.78 is 17.5. The Morgan fingerprint density at radius 1 is 0.747 bits per heavy atom. The summed E-state index contributed by atoms with van der Waals surface area (Å²) in [6.07, 6.45) is -1.58. The third-order valence-corrected chi connectivity index (χ3v) is 22.4. The van der Waals surface area contributed by atoms with Crippen LogP contribution in [-0.4, -0.2) is 113 Å². The molecule has 10 N–H and O–H groups in total. The number of alkyl carbamates (subject to hydrolysis) is 1. The summed E-state index contributed by atoms with van der Waals surface area (Å²) in [6.45, 7) is 12.2. The fourth-order valence-corrected chi connectivity index (χ4v) is 14.1. The minimum absolute atomic E-state index is 0.0577. The Kier molecular flexibility index (Phi) is 24.6.